The Balaban J connectivity index is 0.00000180. The Morgan fingerprint density at radius 2 is 2.21 bits per heavy atom. The Bertz CT molecular complexity index is 330. The minimum absolute atomic E-state index is 0. The van der Waals surface area contributed by atoms with E-state index in [2.05, 4.69) is 10.6 Å². The molecule has 2 heterocycles. The van der Waals surface area contributed by atoms with Gasteiger partial charge in [0, 0.05) is 25.0 Å². The monoisotopic (exact) mass is 289 g/mol. The third-order valence-electron chi connectivity index (χ3n) is 3.79. The zero-order valence-corrected chi connectivity index (χ0v) is 12.5. The first kappa shape index (κ1) is 16.2. The molecule has 2 fully saturated rings. The Labute approximate surface area is 120 Å². The van der Waals surface area contributed by atoms with Crippen molar-refractivity contribution in [1.82, 2.24) is 15.5 Å². The molecule has 0 aliphatic carbocycles. The summed E-state index contributed by atoms with van der Waals surface area (Å²) in [7, 11) is 0. The first-order chi connectivity index (χ1) is 8.58. The lowest BCUT2D eigenvalue weighted by Crippen LogP contribution is -2.44. The number of halogens is 1. The summed E-state index contributed by atoms with van der Waals surface area (Å²) in [4.78, 5) is 25.7. The molecule has 2 unspecified atom stereocenters. The van der Waals surface area contributed by atoms with E-state index >= 15 is 0 Å². The molecule has 19 heavy (non-hydrogen) atoms. The van der Waals surface area contributed by atoms with Gasteiger partial charge in [0.1, 0.15) is 6.04 Å². The summed E-state index contributed by atoms with van der Waals surface area (Å²) in [6, 6.07) is 0.208. The molecular formula is C13H24ClN3O2. The molecule has 0 aromatic heterocycles. The Kier molecular flexibility index (Phi) is 6.07. The number of carbonyl (C=O) groups excluding carboxylic acids is 2. The molecule has 0 bridgehead atoms. The van der Waals surface area contributed by atoms with Crippen molar-refractivity contribution in [2.24, 2.45) is 0 Å². The summed E-state index contributed by atoms with van der Waals surface area (Å²) in [5, 5.41) is 6.16. The fourth-order valence-electron chi connectivity index (χ4n) is 2.76. The lowest BCUT2D eigenvalue weighted by atomic mass is 10.1. The summed E-state index contributed by atoms with van der Waals surface area (Å²) < 4.78 is 0. The fraction of sp³-hybridized carbons (Fsp3) is 0.846. The summed E-state index contributed by atoms with van der Waals surface area (Å²) in [5.74, 6) is 0.0658. The molecule has 2 amide bonds. The molecule has 0 aromatic carbocycles. The van der Waals surface area contributed by atoms with Crippen LogP contribution in [0.2, 0.25) is 0 Å². The number of hydrogen-bond donors (Lipinski definition) is 2. The van der Waals surface area contributed by atoms with Crippen LogP contribution in [-0.2, 0) is 9.59 Å². The van der Waals surface area contributed by atoms with E-state index in [1.165, 1.54) is 0 Å². The molecule has 5 nitrogen and oxygen atoms in total. The summed E-state index contributed by atoms with van der Waals surface area (Å²) in [6.07, 6.45) is 3.43. The number of carbonyl (C=O) groups is 2. The van der Waals surface area contributed by atoms with Crippen molar-refractivity contribution >= 4 is 24.2 Å². The third kappa shape index (κ3) is 4.08. The van der Waals surface area contributed by atoms with Crippen LogP contribution in [0.1, 0.15) is 39.5 Å². The number of hydrogen-bond acceptors (Lipinski definition) is 3. The highest BCUT2D eigenvalue weighted by molar-refractivity contribution is 5.89. The van der Waals surface area contributed by atoms with Crippen LogP contribution in [0, 0.1) is 0 Å². The van der Waals surface area contributed by atoms with Crippen LogP contribution in [0.5, 0.6) is 0 Å². The van der Waals surface area contributed by atoms with Gasteiger partial charge < -0.3 is 15.5 Å². The van der Waals surface area contributed by atoms with Crippen LogP contribution < -0.4 is 10.6 Å². The lowest BCUT2D eigenvalue weighted by molar-refractivity contribution is -0.133. The fourth-order valence-corrected chi connectivity index (χ4v) is 2.76. The molecule has 2 aliphatic heterocycles. The molecule has 6 heteroatoms. The van der Waals surface area contributed by atoms with Gasteiger partial charge in [0.2, 0.25) is 11.8 Å². The van der Waals surface area contributed by atoms with Crippen molar-refractivity contribution in [2.75, 3.05) is 13.1 Å². The van der Waals surface area contributed by atoms with Gasteiger partial charge in [-0.15, -0.1) is 12.4 Å². The van der Waals surface area contributed by atoms with Crippen molar-refractivity contribution < 1.29 is 9.59 Å². The van der Waals surface area contributed by atoms with Gasteiger partial charge in [-0.2, -0.15) is 0 Å². The Morgan fingerprint density at radius 3 is 2.74 bits per heavy atom. The average Bonchev–Trinajstić information content (AvgIpc) is 2.90. The molecule has 2 N–H and O–H groups in total. The average molecular weight is 290 g/mol. The quantitative estimate of drug-likeness (QED) is 0.800. The lowest BCUT2D eigenvalue weighted by Gasteiger charge is -2.21. The Morgan fingerprint density at radius 1 is 1.47 bits per heavy atom. The van der Waals surface area contributed by atoms with Crippen molar-refractivity contribution in [3.63, 3.8) is 0 Å². The van der Waals surface area contributed by atoms with Gasteiger partial charge in [-0.25, -0.2) is 0 Å². The van der Waals surface area contributed by atoms with Gasteiger partial charge in [-0.1, -0.05) is 0 Å². The maximum atomic E-state index is 12.0. The molecule has 0 saturated carbocycles. The predicted molar refractivity (Wildman–Crippen MR) is 76.3 cm³/mol. The third-order valence-corrected chi connectivity index (χ3v) is 3.79. The van der Waals surface area contributed by atoms with E-state index in [4.69, 9.17) is 0 Å². The Hall–Kier alpha value is -0.810. The highest BCUT2D eigenvalue weighted by Gasteiger charge is 2.34. The van der Waals surface area contributed by atoms with Gasteiger partial charge in [0.15, 0.2) is 0 Å². The van der Waals surface area contributed by atoms with Gasteiger partial charge in [0.05, 0.1) is 0 Å². The molecule has 2 atom stereocenters. The molecule has 2 rings (SSSR count). The van der Waals surface area contributed by atoms with Gasteiger partial charge in [-0.05, 0) is 39.7 Å². The smallest absolute Gasteiger partial charge is 0.245 e. The van der Waals surface area contributed by atoms with Gasteiger partial charge in [-0.3, -0.25) is 9.59 Å². The van der Waals surface area contributed by atoms with Crippen LogP contribution in [-0.4, -0.2) is 47.9 Å². The largest absolute Gasteiger partial charge is 0.344 e. The van der Waals surface area contributed by atoms with E-state index < -0.39 is 0 Å². The van der Waals surface area contributed by atoms with Gasteiger partial charge >= 0.3 is 0 Å². The maximum Gasteiger partial charge on any atom is 0.245 e. The number of nitrogens with zero attached hydrogens (tertiary/aromatic N) is 1. The zero-order chi connectivity index (χ0) is 13.1. The highest BCUT2D eigenvalue weighted by Crippen LogP contribution is 2.15. The number of rotatable bonds is 4. The highest BCUT2D eigenvalue weighted by atomic mass is 35.5. The van der Waals surface area contributed by atoms with Crippen molar-refractivity contribution in [3.8, 4) is 0 Å². The first-order valence-corrected chi connectivity index (χ1v) is 6.91. The van der Waals surface area contributed by atoms with Crippen LogP contribution in [0.4, 0.5) is 0 Å². The molecule has 0 spiro atoms. The second-order valence-corrected chi connectivity index (χ2v) is 5.53. The van der Waals surface area contributed by atoms with Crippen molar-refractivity contribution in [3.05, 3.63) is 0 Å². The van der Waals surface area contributed by atoms with E-state index in [0.717, 1.165) is 32.4 Å². The maximum absolute atomic E-state index is 12.0. The van der Waals surface area contributed by atoms with E-state index in [9.17, 15) is 9.59 Å². The zero-order valence-electron chi connectivity index (χ0n) is 11.6. The summed E-state index contributed by atoms with van der Waals surface area (Å²) in [5.41, 5.74) is 0. The normalized spacial score (nSPS) is 26.7. The van der Waals surface area contributed by atoms with E-state index in [1.54, 1.807) is 0 Å². The number of amides is 2. The number of likely N-dealkylation sites (tertiary alicyclic amines) is 1. The van der Waals surface area contributed by atoms with Gasteiger partial charge in [0.25, 0.3) is 0 Å². The van der Waals surface area contributed by atoms with E-state index in [-0.39, 0.29) is 36.3 Å². The molecule has 0 radical (unpaired) electrons. The minimum atomic E-state index is -0.304. The molecule has 2 saturated heterocycles. The topological polar surface area (TPSA) is 61.4 Å². The second-order valence-electron chi connectivity index (χ2n) is 5.53. The van der Waals surface area contributed by atoms with Crippen LogP contribution in [0.25, 0.3) is 0 Å². The SMILES string of the molecule is CC(C)N1CCC(NC(=O)CC2CCCN2)C1=O.Cl. The van der Waals surface area contributed by atoms with Crippen LogP contribution in [0.3, 0.4) is 0 Å². The van der Waals surface area contributed by atoms with Crippen LogP contribution >= 0.6 is 12.4 Å². The first-order valence-electron chi connectivity index (χ1n) is 6.91. The van der Waals surface area contributed by atoms with Crippen LogP contribution in [0.15, 0.2) is 0 Å². The molecule has 0 aromatic rings. The molecule has 110 valence electrons. The van der Waals surface area contributed by atoms with Crippen molar-refractivity contribution in [2.45, 2.75) is 57.7 Å². The van der Waals surface area contributed by atoms with E-state index in [0.29, 0.717) is 12.5 Å². The molecular weight excluding hydrogens is 266 g/mol. The summed E-state index contributed by atoms with van der Waals surface area (Å²) >= 11 is 0. The molecule has 2 aliphatic rings. The van der Waals surface area contributed by atoms with Crippen molar-refractivity contribution in [1.29, 1.82) is 0 Å². The summed E-state index contributed by atoms with van der Waals surface area (Å²) in [6.45, 7) is 5.76. The second kappa shape index (κ2) is 7.10. The number of nitrogens with one attached hydrogen (secondary N) is 2. The predicted octanol–water partition coefficient (Wildman–Crippen LogP) is 0.676. The minimum Gasteiger partial charge on any atom is -0.344 e. The van der Waals surface area contributed by atoms with E-state index in [1.807, 2.05) is 18.7 Å². The standard InChI is InChI=1S/C13H23N3O2.ClH/c1-9(2)16-7-5-11(13(16)18)15-12(17)8-10-4-3-6-14-10;/h9-11,14H,3-8H2,1-2H3,(H,15,17);1H.